The molecule has 2 aliphatic heterocycles. The Labute approximate surface area is 143 Å². The summed E-state index contributed by atoms with van der Waals surface area (Å²) in [6.07, 6.45) is 1.17. The van der Waals surface area contributed by atoms with E-state index >= 15 is 0 Å². The highest BCUT2D eigenvalue weighted by Crippen LogP contribution is 2.36. The second kappa shape index (κ2) is 7.03. The molecular weight excluding hydrogens is 300 g/mol. The van der Waals surface area contributed by atoms with Crippen molar-refractivity contribution in [2.75, 3.05) is 26.4 Å². The van der Waals surface area contributed by atoms with Crippen LogP contribution in [0.25, 0.3) is 0 Å². The van der Waals surface area contributed by atoms with Gasteiger partial charge in [-0.15, -0.1) is 0 Å². The van der Waals surface area contributed by atoms with E-state index in [1.54, 1.807) is 0 Å². The van der Waals surface area contributed by atoms with Crippen LogP contribution < -0.4 is 0 Å². The van der Waals surface area contributed by atoms with Crippen molar-refractivity contribution in [2.45, 2.75) is 24.7 Å². The first-order valence-corrected chi connectivity index (χ1v) is 8.69. The zero-order chi connectivity index (χ0) is 16.4. The third-order valence-electron chi connectivity index (χ3n) is 5.21. The van der Waals surface area contributed by atoms with E-state index in [1.807, 2.05) is 18.2 Å². The van der Waals surface area contributed by atoms with E-state index in [0.29, 0.717) is 6.04 Å². The summed E-state index contributed by atoms with van der Waals surface area (Å²) in [5, 5.41) is 9.96. The molecule has 2 aromatic rings. The Morgan fingerprint density at radius 2 is 1.75 bits per heavy atom. The van der Waals surface area contributed by atoms with Crippen LogP contribution in [0, 0.1) is 0 Å². The minimum Gasteiger partial charge on any atom is -0.394 e. The van der Waals surface area contributed by atoms with Gasteiger partial charge in [0.25, 0.3) is 0 Å². The summed E-state index contributed by atoms with van der Waals surface area (Å²) in [6, 6.07) is 21.2. The first kappa shape index (κ1) is 15.8. The Kier molecular flexibility index (Phi) is 4.63. The van der Waals surface area contributed by atoms with E-state index in [2.05, 4.69) is 52.3 Å². The molecule has 0 aromatic heterocycles. The lowest BCUT2D eigenvalue weighted by Gasteiger charge is -2.42. The molecule has 2 aliphatic rings. The minimum absolute atomic E-state index is 0.0455. The van der Waals surface area contributed by atoms with Crippen LogP contribution >= 0.6 is 0 Å². The Bertz CT molecular complexity index is 649. The van der Waals surface area contributed by atoms with Gasteiger partial charge in [0.2, 0.25) is 0 Å². The Morgan fingerprint density at radius 1 is 1.04 bits per heavy atom. The predicted octanol–water partition coefficient (Wildman–Crippen LogP) is 2.78. The lowest BCUT2D eigenvalue weighted by atomic mass is 10.0. The summed E-state index contributed by atoms with van der Waals surface area (Å²) in [5.41, 5.74) is 2.48. The van der Waals surface area contributed by atoms with Crippen LogP contribution in [-0.2, 0) is 4.74 Å². The highest BCUT2D eigenvalue weighted by molar-refractivity contribution is 5.21. The predicted molar refractivity (Wildman–Crippen MR) is 93.2 cm³/mol. The number of hydrogen-bond acceptors (Lipinski definition) is 4. The van der Waals surface area contributed by atoms with E-state index < -0.39 is 0 Å². The maximum absolute atomic E-state index is 9.96. The van der Waals surface area contributed by atoms with Gasteiger partial charge in [0.15, 0.2) is 0 Å². The molecule has 0 saturated carbocycles. The molecule has 2 saturated heterocycles. The molecule has 126 valence electrons. The van der Waals surface area contributed by atoms with Gasteiger partial charge in [0.1, 0.15) is 6.23 Å². The molecule has 2 aromatic carbocycles. The minimum atomic E-state index is 0.0455. The number of benzene rings is 2. The molecule has 0 radical (unpaired) electrons. The average molecular weight is 324 g/mol. The Balaban J connectivity index is 1.54. The van der Waals surface area contributed by atoms with Gasteiger partial charge >= 0.3 is 0 Å². The molecule has 0 spiro atoms. The van der Waals surface area contributed by atoms with Crippen molar-refractivity contribution in [1.82, 2.24) is 9.80 Å². The van der Waals surface area contributed by atoms with Gasteiger partial charge in [0, 0.05) is 6.54 Å². The number of nitrogens with zero attached hydrogens (tertiary/aromatic N) is 2. The Morgan fingerprint density at radius 3 is 2.46 bits per heavy atom. The summed E-state index contributed by atoms with van der Waals surface area (Å²) in [6.45, 7) is 2.66. The fourth-order valence-electron chi connectivity index (χ4n) is 3.91. The molecule has 0 aliphatic carbocycles. The molecule has 1 N–H and O–H groups in total. The van der Waals surface area contributed by atoms with Gasteiger partial charge in [-0.1, -0.05) is 60.7 Å². The molecule has 3 atom stereocenters. The van der Waals surface area contributed by atoms with E-state index in [1.165, 1.54) is 11.1 Å². The first-order chi connectivity index (χ1) is 11.9. The summed E-state index contributed by atoms with van der Waals surface area (Å²) >= 11 is 0. The van der Waals surface area contributed by atoms with Gasteiger partial charge in [-0.05, 0) is 17.5 Å². The van der Waals surface area contributed by atoms with Crippen LogP contribution in [0.1, 0.15) is 29.6 Å². The maximum atomic E-state index is 9.96. The molecule has 1 unspecified atom stereocenters. The summed E-state index contributed by atoms with van der Waals surface area (Å²) < 4.78 is 6.03. The van der Waals surface area contributed by atoms with Crippen molar-refractivity contribution in [3.63, 3.8) is 0 Å². The van der Waals surface area contributed by atoms with Gasteiger partial charge < -0.3 is 9.84 Å². The summed E-state index contributed by atoms with van der Waals surface area (Å²) in [5.74, 6) is 0. The second-order valence-corrected chi connectivity index (χ2v) is 6.58. The summed E-state index contributed by atoms with van der Waals surface area (Å²) in [4.78, 5) is 4.81. The van der Waals surface area contributed by atoms with Crippen molar-refractivity contribution < 1.29 is 9.84 Å². The second-order valence-electron chi connectivity index (χ2n) is 6.58. The molecule has 24 heavy (non-hydrogen) atoms. The zero-order valence-electron chi connectivity index (χ0n) is 13.8. The lowest BCUT2D eigenvalue weighted by molar-refractivity contribution is -0.0659. The smallest absolute Gasteiger partial charge is 0.113 e. The van der Waals surface area contributed by atoms with Crippen LogP contribution in [0.5, 0.6) is 0 Å². The van der Waals surface area contributed by atoms with Crippen LogP contribution in [-0.4, -0.2) is 47.6 Å². The molecule has 0 bridgehead atoms. The molecule has 2 heterocycles. The SMILES string of the molecule is OC[C@H](c1ccccc1)N1CCC2OC[C@H](c3ccccc3)N2C1. The third kappa shape index (κ3) is 2.98. The van der Waals surface area contributed by atoms with E-state index in [4.69, 9.17) is 4.74 Å². The van der Waals surface area contributed by atoms with Crippen molar-refractivity contribution in [3.8, 4) is 0 Å². The number of fused-ring (bicyclic) bond motifs is 1. The molecule has 0 amide bonds. The molecule has 2 fully saturated rings. The first-order valence-electron chi connectivity index (χ1n) is 8.69. The highest BCUT2D eigenvalue weighted by atomic mass is 16.5. The molecular formula is C20H24N2O2. The topological polar surface area (TPSA) is 35.9 Å². The number of rotatable bonds is 4. The monoisotopic (exact) mass is 324 g/mol. The number of hydrogen-bond donors (Lipinski definition) is 1. The van der Waals surface area contributed by atoms with E-state index in [9.17, 15) is 5.11 Å². The van der Waals surface area contributed by atoms with Crippen molar-refractivity contribution in [1.29, 1.82) is 0 Å². The van der Waals surface area contributed by atoms with Gasteiger partial charge in [-0.3, -0.25) is 9.80 Å². The molecule has 4 rings (SSSR count). The molecule has 4 nitrogen and oxygen atoms in total. The Hall–Kier alpha value is -1.72. The maximum Gasteiger partial charge on any atom is 0.113 e. The normalized spacial score (nSPS) is 26.2. The zero-order valence-corrected chi connectivity index (χ0v) is 13.8. The fraction of sp³-hybridized carbons (Fsp3) is 0.400. The highest BCUT2D eigenvalue weighted by Gasteiger charge is 2.40. The largest absolute Gasteiger partial charge is 0.394 e. The average Bonchev–Trinajstić information content (AvgIpc) is 3.07. The quantitative estimate of drug-likeness (QED) is 0.938. The van der Waals surface area contributed by atoms with Crippen LogP contribution in [0.2, 0.25) is 0 Å². The van der Waals surface area contributed by atoms with E-state index in [0.717, 1.165) is 26.2 Å². The van der Waals surface area contributed by atoms with E-state index in [-0.39, 0.29) is 18.9 Å². The van der Waals surface area contributed by atoms with Gasteiger partial charge in [-0.2, -0.15) is 0 Å². The van der Waals surface area contributed by atoms with Crippen molar-refractivity contribution >= 4 is 0 Å². The number of aliphatic hydroxyl groups excluding tert-OH is 1. The van der Waals surface area contributed by atoms with Gasteiger partial charge in [0.05, 0.1) is 32.0 Å². The number of ether oxygens (including phenoxy) is 1. The molecule has 4 heteroatoms. The van der Waals surface area contributed by atoms with Crippen LogP contribution in [0.3, 0.4) is 0 Å². The third-order valence-corrected chi connectivity index (χ3v) is 5.21. The standard InChI is InChI=1S/C20H24N2O2/c23-13-18(16-7-3-1-4-8-16)21-12-11-20-22(15-21)19(14-24-20)17-9-5-2-6-10-17/h1-10,18-20,23H,11-15H2/t18-,19-,20?/m1/s1. The fourth-order valence-corrected chi connectivity index (χ4v) is 3.91. The van der Waals surface area contributed by atoms with Crippen LogP contribution in [0.15, 0.2) is 60.7 Å². The van der Waals surface area contributed by atoms with Crippen molar-refractivity contribution in [3.05, 3.63) is 71.8 Å². The van der Waals surface area contributed by atoms with Crippen molar-refractivity contribution in [2.24, 2.45) is 0 Å². The summed E-state index contributed by atoms with van der Waals surface area (Å²) in [7, 11) is 0. The lowest BCUT2D eigenvalue weighted by Crippen LogP contribution is -2.50. The van der Waals surface area contributed by atoms with Gasteiger partial charge in [-0.25, -0.2) is 0 Å². The number of aliphatic hydroxyl groups is 1. The van der Waals surface area contributed by atoms with Crippen LogP contribution in [0.4, 0.5) is 0 Å².